The molecule has 0 bridgehead atoms. The van der Waals surface area contributed by atoms with Crippen LogP contribution in [-0.4, -0.2) is 14.2 Å². The van der Waals surface area contributed by atoms with Crippen LogP contribution in [0.2, 0.25) is 0 Å². The molecule has 0 fully saturated rings. The molecule has 2 unspecified atom stereocenters. The van der Waals surface area contributed by atoms with E-state index in [0.29, 0.717) is 17.2 Å². The second kappa shape index (κ2) is 8.28. The lowest BCUT2D eigenvalue weighted by molar-refractivity contribution is 0.594. The molecule has 4 heteroatoms. The van der Waals surface area contributed by atoms with Crippen LogP contribution in [0.15, 0.2) is 92.4 Å². The van der Waals surface area contributed by atoms with E-state index < -0.39 is 9.84 Å². The van der Waals surface area contributed by atoms with Crippen molar-refractivity contribution in [1.29, 1.82) is 0 Å². The van der Waals surface area contributed by atoms with Gasteiger partial charge in [-0.2, -0.15) is 0 Å². The number of rotatable bonds is 6. The third-order valence-corrected chi connectivity index (χ3v) is 8.91. The van der Waals surface area contributed by atoms with Gasteiger partial charge in [0.1, 0.15) is 4.91 Å². The highest BCUT2D eigenvalue weighted by molar-refractivity contribution is 8.00. The average Bonchev–Trinajstić information content (AvgIpc) is 2.65. The maximum absolute atomic E-state index is 12.3. The molecule has 2 aromatic carbocycles. The topological polar surface area (TPSA) is 34.1 Å². The fourth-order valence-electron chi connectivity index (χ4n) is 3.13. The molecule has 0 radical (unpaired) electrons. The first kappa shape index (κ1) is 19.0. The van der Waals surface area contributed by atoms with Crippen LogP contribution in [0.5, 0.6) is 0 Å². The zero-order valence-corrected chi connectivity index (χ0v) is 16.9. The highest BCUT2D eigenvalue weighted by Gasteiger charge is 2.34. The van der Waals surface area contributed by atoms with E-state index in [4.69, 9.17) is 0 Å². The Balaban J connectivity index is 2.03. The van der Waals surface area contributed by atoms with E-state index in [2.05, 4.69) is 49.4 Å². The molecule has 0 spiro atoms. The summed E-state index contributed by atoms with van der Waals surface area (Å²) in [6.07, 6.45) is 8.26. The van der Waals surface area contributed by atoms with Gasteiger partial charge >= 0.3 is 0 Å². The lowest BCUT2D eigenvalue weighted by Gasteiger charge is -2.18. The molecule has 0 N–H and O–H groups in total. The summed E-state index contributed by atoms with van der Waals surface area (Å²) in [7, 11) is -3.37. The molecular weight excluding hydrogens is 360 g/mol. The summed E-state index contributed by atoms with van der Waals surface area (Å²) in [5.41, 5.74) is 0. The Hall–Kier alpha value is -1.78. The molecule has 2 aromatic rings. The standard InChI is InChI=1S/C22H25O2S2/c1-3-17-26(23,24)21-15-13-20(14-16-21)25(19-10-5-4-6-11-19)22-12-8-7-9-18(22)2/h4-8,10-16,18H,3,9,17H2,1-2H3/q+1. The van der Waals surface area contributed by atoms with Crippen LogP contribution in [0.3, 0.4) is 0 Å². The summed E-state index contributed by atoms with van der Waals surface area (Å²) >= 11 is 0. The normalized spacial score (nSPS) is 18.4. The second-order valence-corrected chi connectivity index (χ2v) is 10.7. The fraction of sp³-hybridized carbons (Fsp3) is 0.273. The van der Waals surface area contributed by atoms with E-state index in [9.17, 15) is 8.42 Å². The monoisotopic (exact) mass is 385 g/mol. The minimum absolute atomic E-state index is 0.192. The molecule has 136 valence electrons. The highest BCUT2D eigenvalue weighted by atomic mass is 32.2. The minimum atomic E-state index is -3.18. The first-order valence-corrected chi connectivity index (χ1v) is 11.9. The lowest BCUT2D eigenvalue weighted by Crippen LogP contribution is -2.15. The predicted octanol–water partition coefficient (Wildman–Crippen LogP) is 5.39. The molecule has 0 heterocycles. The second-order valence-electron chi connectivity index (χ2n) is 6.54. The number of hydrogen-bond acceptors (Lipinski definition) is 2. The fourth-order valence-corrected chi connectivity index (χ4v) is 6.82. The third kappa shape index (κ3) is 4.13. The van der Waals surface area contributed by atoms with Crippen molar-refractivity contribution in [2.75, 3.05) is 5.75 Å². The molecular formula is C22H25O2S2+. The van der Waals surface area contributed by atoms with Crippen LogP contribution >= 0.6 is 0 Å². The van der Waals surface area contributed by atoms with Crippen molar-refractivity contribution in [3.8, 4) is 0 Å². The summed E-state index contributed by atoms with van der Waals surface area (Å²) < 4.78 is 24.6. The van der Waals surface area contributed by atoms with E-state index in [1.54, 1.807) is 12.1 Å². The Kier molecular flexibility index (Phi) is 6.05. The summed E-state index contributed by atoms with van der Waals surface area (Å²) in [5.74, 6) is 0.677. The Morgan fingerprint density at radius 1 is 1.00 bits per heavy atom. The maximum atomic E-state index is 12.3. The summed E-state index contributed by atoms with van der Waals surface area (Å²) in [6.45, 7) is 4.15. The first-order chi connectivity index (χ1) is 12.5. The Morgan fingerprint density at radius 3 is 2.27 bits per heavy atom. The molecule has 26 heavy (non-hydrogen) atoms. The van der Waals surface area contributed by atoms with E-state index in [0.717, 1.165) is 6.42 Å². The van der Waals surface area contributed by atoms with Gasteiger partial charge in [0.15, 0.2) is 19.6 Å². The van der Waals surface area contributed by atoms with Gasteiger partial charge in [0.2, 0.25) is 0 Å². The number of allylic oxidation sites excluding steroid dienone is 4. The SMILES string of the molecule is CCCS(=O)(=O)c1ccc([S+](C2=CC=CCC2C)c2ccccc2)cc1. The van der Waals surface area contributed by atoms with Crippen LogP contribution in [0, 0.1) is 5.92 Å². The third-order valence-electron chi connectivity index (χ3n) is 4.48. The van der Waals surface area contributed by atoms with Gasteiger partial charge in [0.05, 0.1) is 21.5 Å². The molecule has 2 atom stereocenters. The number of sulfone groups is 1. The van der Waals surface area contributed by atoms with Gasteiger partial charge in [-0.3, -0.25) is 0 Å². The molecule has 0 aromatic heterocycles. The molecule has 1 aliphatic rings. The van der Waals surface area contributed by atoms with Crippen molar-refractivity contribution in [2.24, 2.45) is 5.92 Å². The van der Waals surface area contributed by atoms with Crippen molar-refractivity contribution < 1.29 is 8.42 Å². The van der Waals surface area contributed by atoms with Gasteiger partial charge in [0.25, 0.3) is 0 Å². The molecule has 0 saturated carbocycles. The number of hydrogen-bond donors (Lipinski definition) is 0. The quantitative estimate of drug-likeness (QED) is 0.625. The zero-order chi connectivity index (χ0) is 18.6. The van der Waals surface area contributed by atoms with Gasteiger partial charge in [-0.1, -0.05) is 44.2 Å². The summed E-state index contributed by atoms with van der Waals surface area (Å²) in [4.78, 5) is 4.26. The van der Waals surface area contributed by atoms with Crippen molar-refractivity contribution in [2.45, 2.75) is 41.4 Å². The van der Waals surface area contributed by atoms with Crippen LogP contribution in [0.4, 0.5) is 0 Å². The van der Waals surface area contributed by atoms with Crippen molar-refractivity contribution in [3.05, 3.63) is 77.7 Å². The van der Waals surface area contributed by atoms with Crippen LogP contribution < -0.4 is 0 Å². The largest absolute Gasteiger partial charge is 0.224 e. The van der Waals surface area contributed by atoms with Gasteiger partial charge < -0.3 is 0 Å². The van der Waals surface area contributed by atoms with Gasteiger partial charge in [0, 0.05) is 5.92 Å². The molecule has 1 aliphatic carbocycles. The molecule has 2 nitrogen and oxygen atoms in total. The van der Waals surface area contributed by atoms with Gasteiger partial charge in [-0.15, -0.1) is 0 Å². The number of benzene rings is 2. The smallest absolute Gasteiger partial charge is 0.178 e. The van der Waals surface area contributed by atoms with Crippen LogP contribution in [0.25, 0.3) is 0 Å². The molecule has 0 aliphatic heterocycles. The van der Waals surface area contributed by atoms with Crippen molar-refractivity contribution in [1.82, 2.24) is 0 Å². The highest BCUT2D eigenvalue weighted by Crippen LogP contribution is 2.37. The predicted molar refractivity (Wildman–Crippen MR) is 110 cm³/mol. The average molecular weight is 386 g/mol. The zero-order valence-electron chi connectivity index (χ0n) is 15.3. The summed E-state index contributed by atoms with van der Waals surface area (Å²) in [5, 5.41) is 0. The Morgan fingerprint density at radius 2 is 1.65 bits per heavy atom. The van der Waals surface area contributed by atoms with Crippen molar-refractivity contribution >= 4 is 20.7 Å². The lowest BCUT2D eigenvalue weighted by atomic mass is 10.0. The van der Waals surface area contributed by atoms with Gasteiger partial charge in [-0.25, -0.2) is 8.42 Å². The van der Waals surface area contributed by atoms with Gasteiger partial charge in [-0.05, 0) is 55.3 Å². The Bertz CT molecular complexity index is 895. The molecule has 0 amide bonds. The molecule has 3 rings (SSSR count). The van der Waals surface area contributed by atoms with E-state index in [-0.39, 0.29) is 16.6 Å². The molecule has 0 saturated heterocycles. The van der Waals surface area contributed by atoms with Crippen LogP contribution in [0.1, 0.15) is 26.7 Å². The Labute approximate surface area is 159 Å². The first-order valence-electron chi connectivity index (χ1n) is 9.02. The summed E-state index contributed by atoms with van der Waals surface area (Å²) in [6, 6.07) is 18.0. The van der Waals surface area contributed by atoms with Crippen LogP contribution in [-0.2, 0) is 20.7 Å². The van der Waals surface area contributed by atoms with E-state index in [1.165, 1.54) is 14.7 Å². The minimum Gasteiger partial charge on any atom is -0.224 e. The maximum Gasteiger partial charge on any atom is 0.178 e. The van der Waals surface area contributed by atoms with Crippen molar-refractivity contribution in [3.63, 3.8) is 0 Å². The van der Waals surface area contributed by atoms with E-state index in [1.807, 2.05) is 25.1 Å². The van der Waals surface area contributed by atoms with E-state index >= 15 is 0 Å².